The third kappa shape index (κ3) is 3.24. The smallest absolute Gasteiger partial charge is 0.270 e. The van der Waals surface area contributed by atoms with Crippen LogP contribution < -0.4 is 0 Å². The number of non-ortho nitro benzene ring substituents is 1. The number of benzene rings is 2. The third-order valence-corrected chi connectivity index (χ3v) is 4.43. The summed E-state index contributed by atoms with van der Waals surface area (Å²) in [4.78, 5) is 14.9. The minimum atomic E-state index is -0.502. The number of hydrogen-bond donors (Lipinski definition) is 1. The lowest BCUT2D eigenvalue weighted by Gasteiger charge is -2.09. The van der Waals surface area contributed by atoms with Crippen LogP contribution in [0.15, 0.2) is 42.5 Å². The highest BCUT2D eigenvalue weighted by Gasteiger charge is 2.21. The second-order valence-electron chi connectivity index (χ2n) is 5.37. The van der Waals surface area contributed by atoms with Crippen molar-refractivity contribution in [1.82, 2.24) is 9.55 Å². The molecule has 0 spiro atoms. The number of aliphatic hydroxyl groups excluding tert-OH is 1. The molecule has 8 heteroatoms. The van der Waals surface area contributed by atoms with E-state index >= 15 is 0 Å². The van der Waals surface area contributed by atoms with Crippen molar-refractivity contribution < 1.29 is 10.0 Å². The molecule has 0 unspecified atom stereocenters. The number of hydrogen-bond acceptors (Lipinski definition) is 4. The Hall–Kier alpha value is -2.41. The Bertz CT molecular complexity index is 953. The van der Waals surface area contributed by atoms with E-state index in [0.717, 1.165) is 5.56 Å². The summed E-state index contributed by atoms with van der Waals surface area (Å²) in [6.07, 6.45) is 0. The predicted molar refractivity (Wildman–Crippen MR) is 96.7 cm³/mol. The minimum Gasteiger partial charge on any atom is -0.388 e. The highest BCUT2D eigenvalue weighted by atomic mass is 35.5. The van der Waals surface area contributed by atoms with Gasteiger partial charge in [0, 0.05) is 35.3 Å². The van der Waals surface area contributed by atoms with E-state index in [9.17, 15) is 15.2 Å². The van der Waals surface area contributed by atoms with Crippen LogP contribution >= 0.6 is 23.2 Å². The molecule has 0 aliphatic carbocycles. The molecule has 0 amide bonds. The van der Waals surface area contributed by atoms with Crippen molar-refractivity contribution >= 4 is 28.9 Å². The summed E-state index contributed by atoms with van der Waals surface area (Å²) < 4.78 is 1.72. The zero-order valence-electron chi connectivity index (χ0n) is 13.1. The van der Waals surface area contributed by atoms with Crippen molar-refractivity contribution in [2.75, 3.05) is 0 Å². The summed E-state index contributed by atoms with van der Waals surface area (Å²) >= 11 is 12.2. The Morgan fingerprint density at radius 3 is 2.44 bits per heavy atom. The molecule has 25 heavy (non-hydrogen) atoms. The molecule has 0 bridgehead atoms. The van der Waals surface area contributed by atoms with Crippen molar-refractivity contribution in [2.45, 2.75) is 6.61 Å². The highest BCUT2D eigenvalue weighted by Crippen LogP contribution is 2.37. The monoisotopic (exact) mass is 377 g/mol. The number of nitro benzene ring substituents is 1. The van der Waals surface area contributed by atoms with Gasteiger partial charge in [-0.05, 0) is 18.2 Å². The van der Waals surface area contributed by atoms with E-state index in [4.69, 9.17) is 23.2 Å². The maximum absolute atomic E-state index is 10.9. The molecule has 0 fully saturated rings. The number of imidazole rings is 1. The second-order valence-corrected chi connectivity index (χ2v) is 6.21. The standard InChI is InChI=1S/C17H13Cl2N3O3/c1-21-15(9-23)20-16(10-2-4-11(18)5-3-10)17(21)13-7-6-12(22(24)25)8-14(13)19/h2-8,23H,9H2,1H3. The molecule has 0 saturated heterocycles. The summed E-state index contributed by atoms with van der Waals surface area (Å²) in [5.41, 5.74) is 2.56. The van der Waals surface area contributed by atoms with Crippen LogP contribution in [0.5, 0.6) is 0 Å². The first kappa shape index (κ1) is 17.4. The fourth-order valence-corrected chi connectivity index (χ4v) is 3.00. The van der Waals surface area contributed by atoms with Gasteiger partial charge in [0.2, 0.25) is 0 Å². The molecular formula is C17H13Cl2N3O3. The van der Waals surface area contributed by atoms with Crippen LogP contribution in [-0.4, -0.2) is 19.6 Å². The van der Waals surface area contributed by atoms with E-state index < -0.39 is 4.92 Å². The number of rotatable bonds is 4. The Labute approximate surface area is 153 Å². The number of halogens is 2. The summed E-state index contributed by atoms with van der Waals surface area (Å²) in [7, 11) is 1.76. The third-order valence-electron chi connectivity index (χ3n) is 3.87. The lowest BCUT2D eigenvalue weighted by Crippen LogP contribution is -1.99. The van der Waals surface area contributed by atoms with Crippen molar-refractivity contribution in [2.24, 2.45) is 7.05 Å². The molecule has 1 heterocycles. The lowest BCUT2D eigenvalue weighted by atomic mass is 10.0. The van der Waals surface area contributed by atoms with Gasteiger partial charge in [0.25, 0.3) is 5.69 Å². The van der Waals surface area contributed by atoms with Gasteiger partial charge in [0.1, 0.15) is 12.4 Å². The number of nitrogens with zero attached hydrogens (tertiary/aromatic N) is 3. The normalized spacial score (nSPS) is 10.9. The highest BCUT2D eigenvalue weighted by molar-refractivity contribution is 6.33. The average molecular weight is 378 g/mol. The Kier molecular flexibility index (Phi) is 4.76. The molecule has 0 saturated carbocycles. The fraction of sp³-hybridized carbons (Fsp3) is 0.118. The topological polar surface area (TPSA) is 81.2 Å². The molecule has 1 N–H and O–H groups in total. The summed E-state index contributed by atoms with van der Waals surface area (Å²) in [6.45, 7) is -0.248. The Morgan fingerprint density at radius 1 is 1.20 bits per heavy atom. The summed E-state index contributed by atoms with van der Waals surface area (Å²) in [5.74, 6) is 0.453. The maximum Gasteiger partial charge on any atom is 0.270 e. The first-order valence-corrected chi connectivity index (χ1v) is 8.04. The quantitative estimate of drug-likeness (QED) is 0.537. The first-order valence-electron chi connectivity index (χ1n) is 7.29. The average Bonchev–Trinajstić information content (AvgIpc) is 2.92. The number of nitro groups is 1. The van der Waals surface area contributed by atoms with Gasteiger partial charge in [0.05, 0.1) is 21.3 Å². The molecule has 3 aromatic rings. The van der Waals surface area contributed by atoms with Crippen molar-refractivity contribution in [1.29, 1.82) is 0 Å². The van der Waals surface area contributed by atoms with Gasteiger partial charge in [-0.15, -0.1) is 0 Å². The second kappa shape index (κ2) is 6.84. The van der Waals surface area contributed by atoms with Crippen LogP contribution in [0.3, 0.4) is 0 Å². The van der Waals surface area contributed by atoms with E-state index in [-0.39, 0.29) is 17.3 Å². The van der Waals surface area contributed by atoms with Gasteiger partial charge in [0.15, 0.2) is 0 Å². The first-order chi connectivity index (χ1) is 11.9. The van der Waals surface area contributed by atoms with Crippen molar-refractivity contribution in [3.63, 3.8) is 0 Å². The van der Waals surface area contributed by atoms with Crippen LogP contribution in [0.25, 0.3) is 22.5 Å². The van der Waals surface area contributed by atoms with Crippen LogP contribution in [0.1, 0.15) is 5.82 Å². The van der Waals surface area contributed by atoms with Crippen LogP contribution in [-0.2, 0) is 13.7 Å². The fourth-order valence-electron chi connectivity index (χ4n) is 2.61. The largest absolute Gasteiger partial charge is 0.388 e. The lowest BCUT2D eigenvalue weighted by molar-refractivity contribution is -0.384. The zero-order valence-corrected chi connectivity index (χ0v) is 14.6. The van der Waals surface area contributed by atoms with Crippen molar-refractivity contribution in [3.8, 4) is 22.5 Å². The van der Waals surface area contributed by atoms with E-state index in [2.05, 4.69) is 4.98 Å². The molecule has 1 aromatic heterocycles. The van der Waals surface area contributed by atoms with Gasteiger partial charge < -0.3 is 9.67 Å². The molecule has 0 aliphatic rings. The van der Waals surface area contributed by atoms with Crippen LogP contribution in [0, 0.1) is 10.1 Å². The van der Waals surface area contributed by atoms with Gasteiger partial charge >= 0.3 is 0 Å². The van der Waals surface area contributed by atoms with Crippen molar-refractivity contribution in [3.05, 3.63) is 68.4 Å². The molecule has 128 valence electrons. The predicted octanol–water partition coefficient (Wildman–Crippen LogP) is 4.46. The molecule has 3 rings (SSSR count). The Balaban J connectivity index is 2.23. The molecule has 0 radical (unpaired) electrons. The van der Waals surface area contributed by atoms with E-state index in [0.29, 0.717) is 27.8 Å². The van der Waals surface area contributed by atoms with E-state index in [1.165, 1.54) is 12.1 Å². The molecule has 2 aromatic carbocycles. The number of aliphatic hydroxyl groups is 1. The van der Waals surface area contributed by atoms with E-state index in [1.807, 2.05) is 12.1 Å². The van der Waals surface area contributed by atoms with Gasteiger partial charge in [-0.3, -0.25) is 10.1 Å². The Morgan fingerprint density at radius 2 is 1.88 bits per heavy atom. The van der Waals surface area contributed by atoms with Gasteiger partial charge in [-0.2, -0.15) is 0 Å². The number of aromatic nitrogens is 2. The van der Waals surface area contributed by atoms with E-state index in [1.54, 1.807) is 29.8 Å². The zero-order chi connectivity index (χ0) is 18.1. The van der Waals surface area contributed by atoms with Gasteiger partial charge in [-0.25, -0.2) is 4.98 Å². The van der Waals surface area contributed by atoms with Gasteiger partial charge in [-0.1, -0.05) is 35.3 Å². The minimum absolute atomic E-state index is 0.0913. The molecule has 0 aliphatic heterocycles. The summed E-state index contributed by atoms with van der Waals surface area (Å²) in [5, 5.41) is 21.3. The molecule has 6 nitrogen and oxygen atoms in total. The van der Waals surface area contributed by atoms with Crippen LogP contribution in [0.4, 0.5) is 5.69 Å². The molecule has 0 atom stereocenters. The SMILES string of the molecule is Cn1c(CO)nc(-c2ccc(Cl)cc2)c1-c1ccc([N+](=O)[O-])cc1Cl. The van der Waals surface area contributed by atoms with Crippen LogP contribution in [0.2, 0.25) is 10.0 Å². The summed E-state index contributed by atoms with van der Waals surface area (Å²) in [6, 6.07) is 11.4. The maximum atomic E-state index is 10.9. The molecular weight excluding hydrogens is 365 g/mol.